The number of allylic oxidation sites excluding steroid dienone is 5. The Morgan fingerprint density at radius 2 is 0.621 bits per heavy atom. The van der Waals surface area contributed by atoms with Crippen molar-refractivity contribution < 1.29 is 20.1 Å². The first kappa shape index (κ1) is 64.6. The van der Waals surface area contributed by atoms with Crippen molar-refractivity contribution in [2.75, 3.05) is 6.61 Å². The lowest BCUT2D eigenvalue weighted by atomic mass is 10.0. The third-order valence-electron chi connectivity index (χ3n) is 14.0. The van der Waals surface area contributed by atoms with E-state index in [9.17, 15) is 20.1 Å². The van der Waals surface area contributed by atoms with Crippen LogP contribution in [0.2, 0.25) is 0 Å². The van der Waals surface area contributed by atoms with Crippen LogP contribution in [0.25, 0.3) is 0 Å². The number of aliphatic hydroxyl groups is 3. The maximum atomic E-state index is 12.6. The topological polar surface area (TPSA) is 89.8 Å². The summed E-state index contributed by atoms with van der Waals surface area (Å²) in [6, 6.07) is -0.814. The molecule has 0 aromatic heterocycles. The number of amides is 1. The normalized spacial score (nSPS) is 13.5. The number of nitrogens with one attached hydrogen (secondary N) is 1. The van der Waals surface area contributed by atoms with E-state index in [1.807, 2.05) is 6.08 Å². The second-order valence-corrected chi connectivity index (χ2v) is 20.5. The second kappa shape index (κ2) is 56.2. The molecule has 0 spiro atoms. The Bertz CT molecular complexity index is 1020. The standard InChI is InChI=1S/C61H117NO4/c1-3-5-7-9-11-13-15-17-19-21-23-25-26-27-28-29-30-31-32-33-34-35-36-38-40-42-44-46-48-50-52-54-56-60(65)61(66)62-58(57-63)59(64)55-53-51-49-47-45-43-41-39-37-24-22-20-18-16-14-12-10-8-6-4-2/h27-28,45,47,53,55,58-60,63-65H,3-26,29-44,46,48-52,54,56-57H2,1-2H3,(H,62,66)/b28-27-,47-45+,55-53+. The molecule has 4 N–H and O–H groups in total. The van der Waals surface area contributed by atoms with Crippen molar-refractivity contribution in [1.29, 1.82) is 0 Å². The summed E-state index contributed by atoms with van der Waals surface area (Å²) >= 11 is 0. The minimum absolute atomic E-state index is 0.374. The molecule has 390 valence electrons. The third kappa shape index (κ3) is 50.4. The lowest BCUT2D eigenvalue weighted by molar-refractivity contribution is -0.131. The summed E-state index contributed by atoms with van der Waals surface area (Å²) in [6.07, 6.45) is 73.9. The van der Waals surface area contributed by atoms with Gasteiger partial charge in [-0.05, 0) is 57.8 Å². The van der Waals surface area contributed by atoms with E-state index in [0.717, 1.165) is 38.5 Å². The van der Waals surface area contributed by atoms with Crippen LogP contribution in [0.4, 0.5) is 0 Å². The van der Waals surface area contributed by atoms with E-state index >= 15 is 0 Å². The zero-order valence-electron chi connectivity index (χ0n) is 44.6. The first-order valence-electron chi connectivity index (χ1n) is 29.8. The predicted octanol–water partition coefficient (Wildman–Crippen LogP) is 18.6. The highest BCUT2D eigenvalue weighted by Crippen LogP contribution is 2.17. The Hall–Kier alpha value is -1.43. The fourth-order valence-electron chi connectivity index (χ4n) is 9.32. The van der Waals surface area contributed by atoms with Gasteiger partial charge in [0.15, 0.2) is 0 Å². The molecule has 3 atom stereocenters. The van der Waals surface area contributed by atoms with Crippen LogP contribution in [0.3, 0.4) is 0 Å². The van der Waals surface area contributed by atoms with Crippen LogP contribution >= 0.6 is 0 Å². The van der Waals surface area contributed by atoms with Gasteiger partial charge in [0.05, 0.1) is 18.8 Å². The molecule has 0 rings (SSSR count). The number of rotatable bonds is 55. The van der Waals surface area contributed by atoms with Gasteiger partial charge in [0.25, 0.3) is 0 Å². The molecule has 0 heterocycles. The zero-order chi connectivity index (χ0) is 47.9. The molecule has 0 aliphatic rings. The quantitative estimate of drug-likeness (QED) is 0.0361. The molecule has 0 aromatic rings. The molecule has 0 saturated carbocycles. The smallest absolute Gasteiger partial charge is 0.249 e. The Morgan fingerprint density at radius 1 is 0.364 bits per heavy atom. The molecule has 5 heteroatoms. The fourth-order valence-corrected chi connectivity index (χ4v) is 9.32. The second-order valence-electron chi connectivity index (χ2n) is 20.5. The lowest BCUT2D eigenvalue weighted by Gasteiger charge is -2.21. The number of hydrogen-bond acceptors (Lipinski definition) is 4. The molecular weight excluding hydrogens is 811 g/mol. The van der Waals surface area contributed by atoms with E-state index in [1.165, 1.54) is 263 Å². The van der Waals surface area contributed by atoms with Crippen molar-refractivity contribution in [3.63, 3.8) is 0 Å². The summed E-state index contributed by atoms with van der Waals surface area (Å²) in [4.78, 5) is 12.6. The Kier molecular flexibility index (Phi) is 54.9. The first-order chi connectivity index (χ1) is 32.6. The highest BCUT2D eigenvalue weighted by atomic mass is 16.3. The molecule has 0 saturated heterocycles. The third-order valence-corrected chi connectivity index (χ3v) is 14.0. The van der Waals surface area contributed by atoms with Crippen molar-refractivity contribution in [2.45, 2.75) is 340 Å². The Balaban J connectivity index is 3.55. The first-order valence-corrected chi connectivity index (χ1v) is 29.8. The summed E-state index contributed by atoms with van der Waals surface area (Å²) in [5.41, 5.74) is 0. The van der Waals surface area contributed by atoms with Gasteiger partial charge in [-0.25, -0.2) is 0 Å². The van der Waals surface area contributed by atoms with Crippen molar-refractivity contribution in [2.24, 2.45) is 0 Å². The van der Waals surface area contributed by atoms with E-state index in [2.05, 4.69) is 43.5 Å². The van der Waals surface area contributed by atoms with Gasteiger partial charge in [0.1, 0.15) is 6.10 Å². The summed E-state index contributed by atoms with van der Waals surface area (Å²) in [5.74, 6) is -0.508. The Morgan fingerprint density at radius 3 is 0.924 bits per heavy atom. The van der Waals surface area contributed by atoms with E-state index in [0.29, 0.717) is 6.42 Å². The molecule has 5 nitrogen and oxygen atoms in total. The number of carbonyl (C=O) groups is 1. The molecule has 66 heavy (non-hydrogen) atoms. The van der Waals surface area contributed by atoms with Crippen molar-refractivity contribution in [3.05, 3.63) is 36.5 Å². The number of unbranched alkanes of at least 4 members (excludes halogenated alkanes) is 43. The molecule has 3 unspecified atom stereocenters. The molecule has 0 fully saturated rings. The molecule has 1 amide bonds. The maximum absolute atomic E-state index is 12.6. The highest BCUT2D eigenvalue weighted by molar-refractivity contribution is 5.80. The van der Waals surface area contributed by atoms with Gasteiger partial charge in [-0.3, -0.25) is 4.79 Å². The van der Waals surface area contributed by atoms with Gasteiger partial charge in [0.2, 0.25) is 5.91 Å². The SMILES string of the molecule is CCCCCCCCCCCCCC/C=C\CCCCCCCCCCCCCCCCCCC(O)C(=O)NC(CO)C(O)/C=C/CC/C=C/CCCCCCCCCCCCCCCC. The molecular formula is C61H117NO4. The molecule has 0 radical (unpaired) electrons. The van der Waals surface area contributed by atoms with Crippen LogP contribution in [0.5, 0.6) is 0 Å². The van der Waals surface area contributed by atoms with Gasteiger partial charge in [-0.1, -0.05) is 301 Å². The lowest BCUT2D eigenvalue weighted by Crippen LogP contribution is -2.48. The maximum Gasteiger partial charge on any atom is 0.249 e. The van der Waals surface area contributed by atoms with Gasteiger partial charge >= 0.3 is 0 Å². The minimum Gasteiger partial charge on any atom is -0.394 e. The summed E-state index contributed by atoms with van der Waals surface area (Å²) < 4.78 is 0. The average molecular weight is 929 g/mol. The summed E-state index contributed by atoms with van der Waals surface area (Å²) in [6.45, 7) is 4.21. The van der Waals surface area contributed by atoms with Crippen molar-refractivity contribution in [1.82, 2.24) is 5.32 Å². The van der Waals surface area contributed by atoms with E-state index in [4.69, 9.17) is 0 Å². The van der Waals surface area contributed by atoms with Gasteiger partial charge in [-0.15, -0.1) is 0 Å². The van der Waals surface area contributed by atoms with Crippen LogP contribution in [0, 0.1) is 0 Å². The van der Waals surface area contributed by atoms with Gasteiger partial charge in [-0.2, -0.15) is 0 Å². The van der Waals surface area contributed by atoms with Crippen molar-refractivity contribution >= 4 is 5.91 Å². The van der Waals surface area contributed by atoms with E-state index in [-0.39, 0.29) is 6.61 Å². The zero-order valence-corrected chi connectivity index (χ0v) is 44.6. The minimum atomic E-state index is -1.11. The van der Waals surface area contributed by atoms with Crippen LogP contribution in [0.1, 0.15) is 322 Å². The van der Waals surface area contributed by atoms with Gasteiger partial charge in [0, 0.05) is 0 Å². The highest BCUT2D eigenvalue weighted by Gasteiger charge is 2.22. The molecule has 0 aromatic carbocycles. The number of aliphatic hydroxyl groups excluding tert-OH is 3. The van der Waals surface area contributed by atoms with Crippen LogP contribution in [0.15, 0.2) is 36.5 Å². The van der Waals surface area contributed by atoms with E-state index < -0.39 is 24.2 Å². The van der Waals surface area contributed by atoms with Crippen molar-refractivity contribution in [3.8, 4) is 0 Å². The monoisotopic (exact) mass is 928 g/mol. The number of hydrogen-bond donors (Lipinski definition) is 4. The molecule has 0 aliphatic heterocycles. The Labute approximate surface area is 413 Å². The summed E-state index contributed by atoms with van der Waals surface area (Å²) in [5, 5.41) is 33.4. The molecule has 0 bridgehead atoms. The average Bonchev–Trinajstić information content (AvgIpc) is 3.32. The number of carbonyl (C=O) groups excluding carboxylic acids is 1. The molecule has 0 aliphatic carbocycles. The van der Waals surface area contributed by atoms with E-state index in [1.54, 1.807) is 6.08 Å². The van der Waals surface area contributed by atoms with Crippen LogP contribution in [-0.4, -0.2) is 46.1 Å². The fraction of sp³-hybridized carbons (Fsp3) is 0.885. The van der Waals surface area contributed by atoms with Crippen LogP contribution < -0.4 is 5.32 Å². The van der Waals surface area contributed by atoms with Gasteiger partial charge < -0.3 is 20.6 Å². The largest absolute Gasteiger partial charge is 0.394 e. The predicted molar refractivity (Wildman–Crippen MR) is 291 cm³/mol. The van der Waals surface area contributed by atoms with Crippen LogP contribution in [-0.2, 0) is 4.79 Å². The summed E-state index contributed by atoms with van der Waals surface area (Å²) in [7, 11) is 0.